The van der Waals surface area contributed by atoms with E-state index in [1.807, 2.05) is 0 Å². The molecule has 3 atom stereocenters. The molecule has 20 heavy (non-hydrogen) atoms. The van der Waals surface area contributed by atoms with E-state index in [1.165, 1.54) is 6.42 Å². The fraction of sp³-hybridized carbons (Fsp3) is 1.00. The fourth-order valence-electron chi connectivity index (χ4n) is 3.78. The maximum atomic E-state index is 6.24. The van der Waals surface area contributed by atoms with E-state index >= 15 is 0 Å². The fourth-order valence-corrected chi connectivity index (χ4v) is 3.78. The number of likely N-dealkylation sites (N-methyl/N-ethyl adjacent to an activating group) is 1. The van der Waals surface area contributed by atoms with Crippen LogP contribution in [0, 0.1) is 5.92 Å². The lowest BCUT2D eigenvalue weighted by Crippen LogP contribution is -2.65. The Kier molecular flexibility index (Phi) is 5.46. The molecule has 0 amide bonds. The van der Waals surface area contributed by atoms with Crippen LogP contribution >= 0.6 is 0 Å². The van der Waals surface area contributed by atoms with Gasteiger partial charge in [-0.25, -0.2) is 0 Å². The maximum Gasteiger partial charge on any atom is 0.0616 e. The number of piperazine rings is 1. The summed E-state index contributed by atoms with van der Waals surface area (Å²) in [5, 5.41) is 0. The highest BCUT2D eigenvalue weighted by molar-refractivity contribution is 4.99. The van der Waals surface area contributed by atoms with Gasteiger partial charge in [0.05, 0.1) is 6.10 Å². The minimum atomic E-state index is 0.169. The van der Waals surface area contributed by atoms with Gasteiger partial charge in [-0.15, -0.1) is 0 Å². The molecule has 0 bridgehead atoms. The quantitative estimate of drug-likeness (QED) is 0.850. The van der Waals surface area contributed by atoms with Crippen LogP contribution in [-0.4, -0.2) is 67.3 Å². The van der Waals surface area contributed by atoms with Crippen molar-refractivity contribution < 1.29 is 4.74 Å². The molecule has 118 valence electrons. The van der Waals surface area contributed by atoms with Crippen molar-refractivity contribution in [1.29, 1.82) is 0 Å². The molecular weight excluding hydrogens is 250 g/mol. The van der Waals surface area contributed by atoms with Crippen molar-refractivity contribution in [2.24, 2.45) is 11.7 Å². The first-order chi connectivity index (χ1) is 9.52. The van der Waals surface area contributed by atoms with E-state index in [1.54, 1.807) is 0 Å². The Morgan fingerprint density at radius 1 is 1.35 bits per heavy atom. The highest BCUT2D eigenvalue weighted by Crippen LogP contribution is 2.34. The van der Waals surface area contributed by atoms with Crippen molar-refractivity contribution in [2.45, 2.75) is 57.7 Å². The third-order valence-electron chi connectivity index (χ3n) is 5.52. The van der Waals surface area contributed by atoms with E-state index in [4.69, 9.17) is 10.5 Å². The van der Waals surface area contributed by atoms with Gasteiger partial charge in [-0.2, -0.15) is 0 Å². The third-order valence-corrected chi connectivity index (χ3v) is 5.52. The highest BCUT2D eigenvalue weighted by atomic mass is 16.5. The van der Waals surface area contributed by atoms with Crippen LogP contribution in [0.15, 0.2) is 0 Å². The monoisotopic (exact) mass is 283 g/mol. The van der Waals surface area contributed by atoms with Gasteiger partial charge in [-0.05, 0) is 32.2 Å². The topological polar surface area (TPSA) is 41.7 Å². The van der Waals surface area contributed by atoms with Crippen LogP contribution in [0.1, 0.15) is 40.0 Å². The van der Waals surface area contributed by atoms with Crippen LogP contribution in [-0.2, 0) is 4.74 Å². The molecular formula is C16H33N3O. The summed E-state index contributed by atoms with van der Waals surface area (Å²) in [6.45, 7) is 11.9. The largest absolute Gasteiger partial charge is 0.378 e. The molecule has 0 radical (unpaired) electrons. The van der Waals surface area contributed by atoms with E-state index in [2.05, 4.69) is 37.6 Å². The predicted molar refractivity (Wildman–Crippen MR) is 83.9 cm³/mol. The number of hydrogen-bond donors (Lipinski definition) is 1. The summed E-state index contributed by atoms with van der Waals surface area (Å²) in [7, 11) is 2.25. The molecule has 4 nitrogen and oxygen atoms in total. The molecule has 0 aromatic heterocycles. The Morgan fingerprint density at radius 2 is 2.10 bits per heavy atom. The summed E-state index contributed by atoms with van der Waals surface area (Å²) in [5.74, 6) is 0.579. The number of nitrogens with zero attached hydrogens (tertiary/aromatic N) is 2. The lowest BCUT2D eigenvalue weighted by molar-refractivity contribution is -0.101. The van der Waals surface area contributed by atoms with Gasteiger partial charge in [-0.3, -0.25) is 4.90 Å². The zero-order chi connectivity index (χ0) is 14.8. The van der Waals surface area contributed by atoms with Crippen LogP contribution in [0.4, 0.5) is 0 Å². The van der Waals surface area contributed by atoms with E-state index in [0.29, 0.717) is 18.1 Å². The van der Waals surface area contributed by atoms with E-state index in [9.17, 15) is 0 Å². The molecule has 2 saturated heterocycles. The number of nitrogens with two attached hydrogens (primary N) is 1. The summed E-state index contributed by atoms with van der Waals surface area (Å²) < 4.78 is 5.97. The SMILES string of the molecule is CCC1CN(C2(CN)CCOC(C(C)C)C2)CCN1C. The first-order valence-corrected chi connectivity index (χ1v) is 8.29. The van der Waals surface area contributed by atoms with Gasteiger partial charge in [0.1, 0.15) is 0 Å². The summed E-state index contributed by atoms with van der Waals surface area (Å²) in [5.41, 5.74) is 6.41. The lowest BCUT2D eigenvalue weighted by atomic mass is 9.81. The van der Waals surface area contributed by atoms with Crippen LogP contribution < -0.4 is 5.73 Å². The number of hydrogen-bond acceptors (Lipinski definition) is 4. The second-order valence-corrected chi connectivity index (χ2v) is 7.02. The minimum absolute atomic E-state index is 0.169. The predicted octanol–water partition coefficient (Wildman–Crippen LogP) is 1.54. The molecule has 0 aromatic carbocycles. The van der Waals surface area contributed by atoms with Gasteiger partial charge in [0.2, 0.25) is 0 Å². The summed E-state index contributed by atoms with van der Waals surface area (Å²) in [6.07, 6.45) is 3.78. The van der Waals surface area contributed by atoms with Crippen molar-refractivity contribution in [3.05, 3.63) is 0 Å². The smallest absolute Gasteiger partial charge is 0.0616 e. The molecule has 2 aliphatic heterocycles. The van der Waals surface area contributed by atoms with Crippen molar-refractivity contribution in [2.75, 3.05) is 39.8 Å². The average Bonchev–Trinajstić information content (AvgIpc) is 2.47. The maximum absolute atomic E-state index is 6.24. The summed E-state index contributed by atoms with van der Waals surface area (Å²) in [6, 6.07) is 0.674. The minimum Gasteiger partial charge on any atom is -0.378 e. The molecule has 0 aliphatic carbocycles. The van der Waals surface area contributed by atoms with Crippen LogP contribution in [0.25, 0.3) is 0 Å². The third kappa shape index (κ3) is 3.19. The van der Waals surface area contributed by atoms with E-state index < -0.39 is 0 Å². The van der Waals surface area contributed by atoms with Gasteiger partial charge in [0, 0.05) is 44.4 Å². The van der Waals surface area contributed by atoms with Crippen LogP contribution in [0.3, 0.4) is 0 Å². The molecule has 3 unspecified atom stereocenters. The Morgan fingerprint density at radius 3 is 2.70 bits per heavy atom. The molecule has 0 spiro atoms. The molecule has 4 heteroatoms. The van der Waals surface area contributed by atoms with E-state index in [-0.39, 0.29) is 5.54 Å². The standard InChI is InChI=1S/C16H33N3O/c1-5-14-11-19(8-7-18(14)4)16(12-17)6-9-20-15(10-16)13(2)3/h13-15H,5-12,17H2,1-4H3. The molecule has 2 aliphatic rings. The van der Waals surface area contributed by atoms with Crippen molar-refractivity contribution in [3.63, 3.8) is 0 Å². The lowest BCUT2D eigenvalue weighted by Gasteiger charge is -2.53. The van der Waals surface area contributed by atoms with Gasteiger partial charge >= 0.3 is 0 Å². The molecule has 0 aromatic rings. The average molecular weight is 283 g/mol. The van der Waals surface area contributed by atoms with E-state index in [0.717, 1.165) is 45.6 Å². The number of rotatable bonds is 4. The van der Waals surface area contributed by atoms with Crippen LogP contribution in [0.2, 0.25) is 0 Å². The summed E-state index contributed by atoms with van der Waals surface area (Å²) >= 11 is 0. The second kappa shape index (κ2) is 6.73. The second-order valence-electron chi connectivity index (χ2n) is 7.02. The molecule has 2 N–H and O–H groups in total. The van der Waals surface area contributed by atoms with Crippen LogP contribution in [0.5, 0.6) is 0 Å². The first kappa shape index (κ1) is 16.2. The van der Waals surface area contributed by atoms with Gasteiger partial charge in [0.15, 0.2) is 0 Å². The Labute approximate surface area is 124 Å². The molecule has 2 rings (SSSR count). The molecule has 2 fully saturated rings. The zero-order valence-electron chi connectivity index (χ0n) is 13.8. The summed E-state index contributed by atoms with van der Waals surface area (Å²) in [4.78, 5) is 5.18. The Balaban J connectivity index is 2.10. The van der Waals surface area contributed by atoms with Gasteiger partial charge in [0.25, 0.3) is 0 Å². The van der Waals surface area contributed by atoms with Crippen molar-refractivity contribution in [3.8, 4) is 0 Å². The molecule has 2 heterocycles. The number of ether oxygens (including phenoxy) is 1. The van der Waals surface area contributed by atoms with Gasteiger partial charge < -0.3 is 15.4 Å². The highest BCUT2D eigenvalue weighted by Gasteiger charge is 2.43. The molecule has 0 saturated carbocycles. The first-order valence-electron chi connectivity index (χ1n) is 8.29. The Bertz CT molecular complexity index is 310. The normalized spacial score (nSPS) is 37.5. The zero-order valence-corrected chi connectivity index (χ0v) is 13.8. The van der Waals surface area contributed by atoms with Gasteiger partial charge in [-0.1, -0.05) is 20.8 Å². The van der Waals surface area contributed by atoms with Crippen molar-refractivity contribution >= 4 is 0 Å². The van der Waals surface area contributed by atoms with Crippen molar-refractivity contribution in [1.82, 2.24) is 9.80 Å². The Hall–Kier alpha value is -0.160.